The lowest BCUT2D eigenvalue weighted by Crippen LogP contribution is -2.29. The number of methoxy groups -OCH3 is 1. The number of hydrogen-bond acceptors (Lipinski definition) is 7. The number of carbonyl (C=O) groups is 1. The summed E-state index contributed by atoms with van der Waals surface area (Å²) in [5.74, 6) is 0.380. The van der Waals surface area contributed by atoms with Crippen molar-refractivity contribution >= 4 is 34.1 Å². The molecule has 0 unspecified atom stereocenters. The summed E-state index contributed by atoms with van der Waals surface area (Å²) in [7, 11) is 1.78. The first-order chi connectivity index (χ1) is 17.7. The summed E-state index contributed by atoms with van der Waals surface area (Å²) in [4.78, 5) is 29.5. The predicted molar refractivity (Wildman–Crippen MR) is 137 cm³/mol. The molecule has 1 amide bonds. The molecule has 0 aromatic carbocycles. The first kappa shape index (κ1) is 22.2. The molecule has 1 saturated carbocycles. The Morgan fingerprint density at radius 3 is 2.86 bits per heavy atom. The second-order valence-corrected chi connectivity index (χ2v) is 9.01. The van der Waals surface area contributed by atoms with E-state index in [1.165, 1.54) is 0 Å². The number of rotatable bonds is 6. The van der Waals surface area contributed by atoms with E-state index in [0.717, 1.165) is 47.8 Å². The number of aromatic amines is 1. The van der Waals surface area contributed by atoms with E-state index in [1.54, 1.807) is 42.3 Å². The highest BCUT2D eigenvalue weighted by molar-refractivity contribution is 6.09. The monoisotopic (exact) mass is 482 g/mol. The number of amides is 1. The van der Waals surface area contributed by atoms with Crippen LogP contribution in [-0.2, 0) is 4.74 Å². The van der Waals surface area contributed by atoms with E-state index in [1.807, 2.05) is 30.7 Å². The second-order valence-electron chi connectivity index (χ2n) is 9.01. The van der Waals surface area contributed by atoms with Gasteiger partial charge in [-0.05, 0) is 55.5 Å². The molecule has 1 aliphatic carbocycles. The van der Waals surface area contributed by atoms with Crippen LogP contribution in [0.25, 0.3) is 27.7 Å². The molecule has 6 rings (SSSR count). The lowest BCUT2D eigenvalue weighted by Gasteiger charge is -2.28. The lowest BCUT2D eigenvalue weighted by molar-refractivity contribution is 0.0681. The van der Waals surface area contributed by atoms with Crippen molar-refractivity contribution in [1.82, 2.24) is 29.5 Å². The summed E-state index contributed by atoms with van der Waals surface area (Å²) in [5.41, 5.74) is 4.46. The van der Waals surface area contributed by atoms with Gasteiger partial charge in [0.2, 0.25) is 5.95 Å². The van der Waals surface area contributed by atoms with Gasteiger partial charge in [-0.15, -0.1) is 0 Å². The molecule has 182 valence electrons. The Morgan fingerprint density at radius 1 is 1.17 bits per heavy atom. The molecule has 0 radical (unpaired) electrons. The molecular formula is C26H26N8O2. The van der Waals surface area contributed by atoms with Crippen molar-refractivity contribution in [3.63, 3.8) is 0 Å². The van der Waals surface area contributed by atoms with Crippen LogP contribution in [0, 0.1) is 0 Å². The van der Waals surface area contributed by atoms with Crippen molar-refractivity contribution in [3.8, 4) is 11.1 Å². The Hall–Kier alpha value is -4.31. The van der Waals surface area contributed by atoms with E-state index in [-0.39, 0.29) is 5.91 Å². The van der Waals surface area contributed by atoms with E-state index in [0.29, 0.717) is 34.9 Å². The minimum absolute atomic E-state index is 0.243. The highest BCUT2D eigenvalue weighted by Gasteiger charge is 2.22. The summed E-state index contributed by atoms with van der Waals surface area (Å²) < 4.78 is 7.15. The fraction of sp³-hybridized carbons (Fsp3) is 0.269. The second kappa shape index (κ2) is 9.38. The Bertz CT molecular complexity index is 1520. The fourth-order valence-corrected chi connectivity index (χ4v) is 4.80. The molecular weight excluding hydrogens is 456 g/mol. The first-order valence-corrected chi connectivity index (χ1v) is 12.0. The smallest absolute Gasteiger partial charge is 0.259 e. The van der Waals surface area contributed by atoms with Crippen LogP contribution in [0.5, 0.6) is 0 Å². The van der Waals surface area contributed by atoms with Crippen LogP contribution in [0.1, 0.15) is 36.0 Å². The Morgan fingerprint density at radius 2 is 2.06 bits per heavy atom. The molecule has 1 aliphatic rings. The van der Waals surface area contributed by atoms with Gasteiger partial charge in [-0.25, -0.2) is 9.50 Å². The molecule has 5 aromatic rings. The van der Waals surface area contributed by atoms with Gasteiger partial charge in [-0.2, -0.15) is 10.1 Å². The van der Waals surface area contributed by atoms with Crippen LogP contribution >= 0.6 is 0 Å². The molecule has 36 heavy (non-hydrogen) atoms. The van der Waals surface area contributed by atoms with Crippen molar-refractivity contribution in [3.05, 3.63) is 67.0 Å². The van der Waals surface area contributed by atoms with Crippen LogP contribution < -0.4 is 10.6 Å². The van der Waals surface area contributed by atoms with Gasteiger partial charge in [0.25, 0.3) is 5.91 Å². The van der Waals surface area contributed by atoms with E-state index < -0.39 is 0 Å². The van der Waals surface area contributed by atoms with Crippen LogP contribution in [0.4, 0.5) is 11.6 Å². The van der Waals surface area contributed by atoms with Crippen LogP contribution in [0.2, 0.25) is 0 Å². The Balaban J connectivity index is 1.25. The number of nitrogens with one attached hydrogen (secondary N) is 3. The fourth-order valence-electron chi connectivity index (χ4n) is 4.80. The third-order valence-electron chi connectivity index (χ3n) is 6.77. The zero-order valence-electron chi connectivity index (χ0n) is 19.8. The highest BCUT2D eigenvalue weighted by atomic mass is 16.5. The number of H-pyrrole nitrogens is 1. The van der Waals surface area contributed by atoms with Crippen molar-refractivity contribution in [2.24, 2.45) is 0 Å². The SMILES string of the molecule is COC1CCC(Nc2ncc3c(-c4ccn5ncc(C(=O)Nc6cccnc6)c5c4)c[nH]c3n2)CC1. The third-order valence-corrected chi connectivity index (χ3v) is 6.77. The van der Waals surface area contributed by atoms with Gasteiger partial charge in [0.15, 0.2) is 0 Å². The van der Waals surface area contributed by atoms with Gasteiger partial charge >= 0.3 is 0 Å². The van der Waals surface area contributed by atoms with Crippen molar-refractivity contribution in [2.75, 3.05) is 17.7 Å². The van der Waals surface area contributed by atoms with Crippen LogP contribution in [0.3, 0.4) is 0 Å². The largest absolute Gasteiger partial charge is 0.381 e. The topological polar surface area (TPSA) is 122 Å². The van der Waals surface area contributed by atoms with Crippen LogP contribution in [0.15, 0.2) is 61.4 Å². The normalized spacial score (nSPS) is 17.9. The molecule has 0 spiro atoms. The van der Waals surface area contributed by atoms with E-state index in [9.17, 15) is 4.79 Å². The van der Waals surface area contributed by atoms with E-state index >= 15 is 0 Å². The molecule has 0 atom stereocenters. The number of carbonyl (C=O) groups excluding carboxylic acids is 1. The molecule has 0 bridgehead atoms. The van der Waals surface area contributed by atoms with Gasteiger partial charge in [0.05, 0.1) is 35.3 Å². The first-order valence-electron chi connectivity index (χ1n) is 12.0. The van der Waals surface area contributed by atoms with Gasteiger partial charge in [-0.3, -0.25) is 9.78 Å². The average Bonchev–Trinajstić information content (AvgIpc) is 3.53. The third kappa shape index (κ3) is 4.27. The number of nitrogens with zero attached hydrogens (tertiary/aromatic N) is 5. The molecule has 10 heteroatoms. The number of aromatic nitrogens is 6. The zero-order valence-corrected chi connectivity index (χ0v) is 19.8. The number of fused-ring (bicyclic) bond motifs is 2. The summed E-state index contributed by atoms with van der Waals surface area (Å²) in [6.45, 7) is 0. The van der Waals surface area contributed by atoms with E-state index in [4.69, 9.17) is 9.72 Å². The van der Waals surface area contributed by atoms with Crippen LogP contribution in [-0.4, -0.2) is 54.7 Å². The summed E-state index contributed by atoms with van der Waals surface area (Å²) in [5, 5.41) is 11.6. The zero-order chi connectivity index (χ0) is 24.5. The molecule has 10 nitrogen and oxygen atoms in total. The van der Waals surface area contributed by atoms with Crippen molar-refractivity contribution in [2.45, 2.75) is 37.8 Å². The maximum Gasteiger partial charge on any atom is 0.259 e. The molecule has 5 aromatic heterocycles. The molecule has 1 fully saturated rings. The maximum absolute atomic E-state index is 12.9. The number of pyridine rings is 2. The Labute approximate surface area is 207 Å². The Kier molecular flexibility index (Phi) is 5.78. The summed E-state index contributed by atoms with van der Waals surface area (Å²) in [6.07, 6.45) is 15.0. The molecule has 0 aliphatic heterocycles. The molecule has 3 N–H and O–H groups in total. The maximum atomic E-state index is 12.9. The number of anilines is 2. The molecule has 0 saturated heterocycles. The standard InChI is InChI=1S/C26H26N8O2/c1-36-19-6-4-17(5-7-19)32-26-29-14-21-20(13-28-24(21)33-26)16-8-10-34-23(11-16)22(15-30-34)25(35)31-18-3-2-9-27-12-18/h2-3,8-15,17,19H,4-7H2,1H3,(H,31,35)(H2,28,29,32,33). The van der Waals surface area contributed by atoms with Gasteiger partial charge < -0.3 is 20.4 Å². The van der Waals surface area contributed by atoms with Gasteiger partial charge in [0, 0.05) is 48.9 Å². The predicted octanol–water partition coefficient (Wildman–Crippen LogP) is 4.29. The van der Waals surface area contributed by atoms with E-state index in [2.05, 4.69) is 30.7 Å². The average molecular weight is 483 g/mol. The quantitative estimate of drug-likeness (QED) is 0.330. The minimum atomic E-state index is -0.243. The van der Waals surface area contributed by atoms with Crippen molar-refractivity contribution in [1.29, 1.82) is 0 Å². The van der Waals surface area contributed by atoms with Crippen molar-refractivity contribution < 1.29 is 9.53 Å². The van der Waals surface area contributed by atoms with Gasteiger partial charge in [-0.1, -0.05) is 0 Å². The number of hydrogen-bond donors (Lipinski definition) is 3. The molecule has 5 heterocycles. The highest BCUT2D eigenvalue weighted by Crippen LogP contribution is 2.30. The van der Waals surface area contributed by atoms with Gasteiger partial charge in [0.1, 0.15) is 5.65 Å². The summed E-state index contributed by atoms with van der Waals surface area (Å²) >= 11 is 0. The number of ether oxygens (including phenoxy) is 1. The minimum Gasteiger partial charge on any atom is -0.381 e. The summed E-state index contributed by atoms with van der Waals surface area (Å²) in [6, 6.07) is 7.83. The lowest BCUT2D eigenvalue weighted by atomic mass is 9.93.